The third-order valence-electron chi connectivity index (χ3n) is 3.82. The summed E-state index contributed by atoms with van der Waals surface area (Å²) in [5.74, 6) is -0.263. The summed E-state index contributed by atoms with van der Waals surface area (Å²) in [7, 11) is 0. The van der Waals surface area contributed by atoms with Gasteiger partial charge in [-0.3, -0.25) is 9.59 Å². The molecule has 0 radical (unpaired) electrons. The maximum Gasteiger partial charge on any atom is 0.226 e. The highest BCUT2D eigenvalue weighted by Gasteiger charge is 2.05. The van der Waals surface area contributed by atoms with Crippen molar-refractivity contribution in [1.82, 2.24) is 14.9 Å². The molecular formula is C19H20N4O2. The largest absolute Gasteiger partial charge is 0.356 e. The number of carbonyl (C=O) groups excluding carboxylic acids is 2. The highest BCUT2D eigenvalue weighted by molar-refractivity contribution is 5.91. The molecule has 0 unspecified atom stereocenters. The number of imidazole rings is 1. The van der Waals surface area contributed by atoms with Crippen molar-refractivity contribution in [2.45, 2.75) is 19.9 Å². The summed E-state index contributed by atoms with van der Waals surface area (Å²) >= 11 is 0. The van der Waals surface area contributed by atoms with E-state index in [1.807, 2.05) is 54.9 Å². The fraction of sp³-hybridized carbons (Fsp3) is 0.211. The fourth-order valence-corrected chi connectivity index (χ4v) is 2.66. The molecule has 6 heteroatoms. The monoisotopic (exact) mass is 336 g/mol. The van der Waals surface area contributed by atoms with E-state index >= 15 is 0 Å². The van der Waals surface area contributed by atoms with Crippen LogP contribution in [0.2, 0.25) is 0 Å². The molecule has 1 aromatic heterocycles. The van der Waals surface area contributed by atoms with E-state index in [4.69, 9.17) is 0 Å². The molecule has 0 fully saturated rings. The number of carbonyl (C=O) groups is 2. The summed E-state index contributed by atoms with van der Waals surface area (Å²) < 4.78 is 2.08. The molecule has 25 heavy (non-hydrogen) atoms. The number of nitrogens with zero attached hydrogens (tertiary/aromatic N) is 2. The summed E-state index contributed by atoms with van der Waals surface area (Å²) in [6.07, 6.45) is 2.07. The van der Waals surface area contributed by atoms with Gasteiger partial charge in [0.05, 0.1) is 17.4 Å². The molecule has 2 amide bonds. The van der Waals surface area contributed by atoms with Gasteiger partial charge in [0, 0.05) is 32.1 Å². The maximum absolute atomic E-state index is 11.9. The number of nitrogens with one attached hydrogen (secondary N) is 2. The van der Waals surface area contributed by atoms with Crippen LogP contribution in [-0.4, -0.2) is 27.9 Å². The summed E-state index contributed by atoms with van der Waals surface area (Å²) in [5.41, 5.74) is 3.86. The number of aromatic nitrogens is 2. The minimum atomic E-state index is -0.137. The van der Waals surface area contributed by atoms with Gasteiger partial charge in [0.1, 0.15) is 0 Å². The standard InChI is InChI=1S/C19H20N4O2/c1-14(24)20-10-9-19(25)22-16-6-4-5-15(11-16)12-23-13-21-17-7-2-3-8-18(17)23/h2-8,11,13H,9-10,12H2,1H3,(H,20,24)(H,22,25). The van der Waals surface area contributed by atoms with Crippen molar-refractivity contribution in [3.63, 3.8) is 0 Å². The molecule has 0 aliphatic carbocycles. The number of hydrogen-bond donors (Lipinski definition) is 2. The molecule has 2 aromatic carbocycles. The van der Waals surface area contributed by atoms with E-state index in [9.17, 15) is 9.59 Å². The van der Waals surface area contributed by atoms with Crippen molar-refractivity contribution in [2.75, 3.05) is 11.9 Å². The van der Waals surface area contributed by atoms with Gasteiger partial charge in [-0.25, -0.2) is 4.98 Å². The molecule has 0 aliphatic heterocycles. The third kappa shape index (κ3) is 4.44. The molecule has 0 bridgehead atoms. The van der Waals surface area contributed by atoms with E-state index in [0.717, 1.165) is 22.3 Å². The average Bonchev–Trinajstić information content (AvgIpc) is 2.98. The lowest BCUT2D eigenvalue weighted by molar-refractivity contribution is -0.119. The number of hydrogen-bond acceptors (Lipinski definition) is 3. The Morgan fingerprint density at radius 3 is 2.80 bits per heavy atom. The Morgan fingerprint density at radius 1 is 1.12 bits per heavy atom. The Hall–Kier alpha value is -3.15. The Bertz CT molecular complexity index is 901. The molecule has 0 saturated carbocycles. The first-order chi connectivity index (χ1) is 12.1. The summed E-state index contributed by atoms with van der Waals surface area (Å²) in [5, 5.41) is 5.47. The number of rotatable bonds is 6. The van der Waals surface area contributed by atoms with Crippen molar-refractivity contribution in [3.05, 3.63) is 60.4 Å². The number of anilines is 1. The molecule has 0 saturated heterocycles. The molecule has 3 aromatic rings. The van der Waals surface area contributed by atoms with Crippen molar-refractivity contribution in [3.8, 4) is 0 Å². The predicted molar refractivity (Wildman–Crippen MR) is 97.2 cm³/mol. The van der Waals surface area contributed by atoms with Gasteiger partial charge in [-0.1, -0.05) is 24.3 Å². The van der Waals surface area contributed by atoms with Crippen molar-refractivity contribution in [2.24, 2.45) is 0 Å². The van der Waals surface area contributed by atoms with Gasteiger partial charge in [-0.05, 0) is 29.8 Å². The van der Waals surface area contributed by atoms with Crippen LogP contribution in [0.3, 0.4) is 0 Å². The van der Waals surface area contributed by atoms with Gasteiger partial charge in [-0.15, -0.1) is 0 Å². The topological polar surface area (TPSA) is 76.0 Å². The molecule has 0 spiro atoms. The minimum absolute atomic E-state index is 0.126. The maximum atomic E-state index is 11.9. The second kappa shape index (κ2) is 7.61. The Labute approximate surface area is 145 Å². The lowest BCUT2D eigenvalue weighted by atomic mass is 10.2. The van der Waals surface area contributed by atoms with Crippen molar-refractivity contribution < 1.29 is 9.59 Å². The first-order valence-corrected chi connectivity index (χ1v) is 8.15. The first-order valence-electron chi connectivity index (χ1n) is 8.15. The fourth-order valence-electron chi connectivity index (χ4n) is 2.66. The molecular weight excluding hydrogens is 316 g/mol. The van der Waals surface area contributed by atoms with Crippen LogP contribution in [-0.2, 0) is 16.1 Å². The van der Waals surface area contributed by atoms with Crippen LogP contribution in [0.4, 0.5) is 5.69 Å². The average molecular weight is 336 g/mol. The minimum Gasteiger partial charge on any atom is -0.356 e. The van der Waals surface area contributed by atoms with Crippen LogP contribution in [0, 0.1) is 0 Å². The van der Waals surface area contributed by atoms with E-state index in [0.29, 0.717) is 13.1 Å². The van der Waals surface area contributed by atoms with Crippen LogP contribution in [0.25, 0.3) is 11.0 Å². The lowest BCUT2D eigenvalue weighted by Crippen LogP contribution is -2.25. The van der Waals surface area contributed by atoms with Crippen LogP contribution in [0.1, 0.15) is 18.9 Å². The summed E-state index contributed by atoms with van der Waals surface area (Å²) in [6, 6.07) is 15.7. The lowest BCUT2D eigenvalue weighted by Gasteiger charge is -2.09. The Kier molecular flexibility index (Phi) is 5.09. The highest BCUT2D eigenvalue weighted by Crippen LogP contribution is 2.16. The Morgan fingerprint density at radius 2 is 1.96 bits per heavy atom. The van der Waals surface area contributed by atoms with E-state index in [-0.39, 0.29) is 18.2 Å². The van der Waals surface area contributed by atoms with Crippen molar-refractivity contribution in [1.29, 1.82) is 0 Å². The highest BCUT2D eigenvalue weighted by atomic mass is 16.2. The number of amides is 2. The normalized spacial score (nSPS) is 10.6. The molecule has 6 nitrogen and oxygen atoms in total. The molecule has 3 rings (SSSR count). The SMILES string of the molecule is CC(=O)NCCC(=O)Nc1cccc(Cn2cnc3ccccc32)c1. The molecule has 128 valence electrons. The van der Waals surface area contributed by atoms with Gasteiger partial charge in [0.15, 0.2) is 0 Å². The zero-order valence-corrected chi connectivity index (χ0v) is 14.0. The summed E-state index contributed by atoms with van der Waals surface area (Å²) in [4.78, 5) is 27.1. The summed E-state index contributed by atoms with van der Waals surface area (Å²) in [6.45, 7) is 2.44. The number of fused-ring (bicyclic) bond motifs is 1. The number of para-hydroxylation sites is 2. The third-order valence-corrected chi connectivity index (χ3v) is 3.82. The second-order valence-corrected chi connectivity index (χ2v) is 5.84. The van der Waals surface area contributed by atoms with Crippen LogP contribution >= 0.6 is 0 Å². The quantitative estimate of drug-likeness (QED) is 0.726. The van der Waals surface area contributed by atoms with E-state index < -0.39 is 0 Å². The van der Waals surface area contributed by atoms with E-state index in [1.165, 1.54) is 6.92 Å². The van der Waals surface area contributed by atoms with E-state index in [2.05, 4.69) is 20.2 Å². The van der Waals surface area contributed by atoms with Crippen LogP contribution in [0.5, 0.6) is 0 Å². The predicted octanol–water partition coefficient (Wildman–Crippen LogP) is 2.55. The zero-order chi connectivity index (χ0) is 17.6. The molecule has 2 N–H and O–H groups in total. The van der Waals surface area contributed by atoms with Gasteiger partial charge in [0.2, 0.25) is 11.8 Å². The van der Waals surface area contributed by atoms with Gasteiger partial charge in [0.25, 0.3) is 0 Å². The van der Waals surface area contributed by atoms with E-state index in [1.54, 1.807) is 0 Å². The molecule has 0 aliphatic rings. The van der Waals surface area contributed by atoms with Crippen LogP contribution in [0.15, 0.2) is 54.9 Å². The molecule has 1 heterocycles. The zero-order valence-electron chi connectivity index (χ0n) is 14.0. The Balaban J connectivity index is 1.65. The molecule has 0 atom stereocenters. The van der Waals surface area contributed by atoms with Gasteiger partial charge < -0.3 is 15.2 Å². The van der Waals surface area contributed by atoms with Crippen LogP contribution < -0.4 is 10.6 Å². The van der Waals surface area contributed by atoms with Gasteiger partial charge in [-0.2, -0.15) is 0 Å². The van der Waals surface area contributed by atoms with Gasteiger partial charge >= 0.3 is 0 Å². The second-order valence-electron chi connectivity index (χ2n) is 5.84. The smallest absolute Gasteiger partial charge is 0.226 e. The number of benzene rings is 2. The first kappa shape index (κ1) is 16.7. The van der Waals surface area contributed by atoms with Crippen molar-refractivity contribution >= 4 is 28.5 Å².